The normalized spacial score (nSPS) is 13.1. The highest BCUT2D eigenvalue weighted by Gasteiger charge is 2.15. The van der Waals surface area contributed by atoms with Gasteiger partial charge >= 0.3 is 5.97 Å². The Morgan fingerprint density at radius 2 is 1.83 bits per heavy atom. The zero-order valence-corrected chi connectivity index (χ0v) is 17.9. The van der Waals surface area contributed by atoms with Gasteiger partial charge < -0.3 is 15.2 Å². The molecule has 0 spiro atoms. The van der Waals surface area contributed by atoms with Crippen molar-refractivity contribution in [2.75, 3.05) is 19.7 Å². The van der Waals surface area contributed by atoms with Gasteiger partial charge in [-0.1, -0.05) is 73.5 Å². The molecule has 158 valence electrons. The number of aliphatic hydroxyl groups is 1. The van der Waals surface area contributed by atoms with Crippen molar-refractivity contribution in [3.8, 4) is 0 Å². The molecule has 0 amide bonds. The fraction of sp³-hybridized carbons (Fsp3) is 0.458. The average Bonchev–Trinajstić information content (AvgIpc) is 2.74. The Balaban J connectivity index is 1.81. The van der Waals surface area contributed by atoms with E-state index in [2.05, 4.69) is 24.4 Å². The molecule has 29 heavy (non-hydrogen) atoms. The van der Waals surface area contributed by atoms with Crippen LogP contribution in [0.15, 0.2) is 54.6 Å². The Kier molecular flexibility index (Phi) is 10.8. The summed E-state index contributed by atoms with van der Waals surface area (Å²) in [5, 5.41) is 14.2. The standard InChI is InChI=1S/C24H32ClNO3/c1-2-3-17-29-24(28)14-13-20(19-9-5-4-6-10-19)15-16-26-18-23(27)21-11-7-8-12-22(21)25/h4-12,20,23,26-27H,2-3,13-18H2,1H3. The van der Waals surface area contributed by atoms with Gasteiger partial charge in [0.05, 0.1) is 12.7 Å². The number of hydrogen-bond donors (Lipinski definition) is 2. The minimum Gasteiger partial charge on any atom is -0.466 e. The fourth-order valence-corrected chi connectivity index (χ4v) is 3.53. The van der Waals surface area contributed by atoms with E-state index in [1.807, 2.05) is 36.4 Å². The van der Waals surface area contributed by atoms with Gasteiger partial charge in [-0.3, -0.25) is 4.79 Å². The summed E-state index contributed by atoms with van der Waals surface area (Å²) >= 11 is 6.15. The molecule has 0 saturated carbocycles. The average molecular weight is 418 g/mol. The van der Waals surface area contributed by atoms with Gasteiger partial charge in [0.2, 0.25) is 0 Å². The first-order valence-corrected chi connectivity index (χ1v) is 10.8. The van der Waals surface area contributed by atoms with Crippen LogP contribution in [0.25, 0.3) is 0 Å². The highest BCUT2D eigenvalue weighted by Crippen LogP contribution is 2.25. The Labute approximate surface area is 179 Å². The molecule has 0 aliphatic carbocycles. The second kappa shape index (κ2) is 13.4. The SMILES string of the molecule is CCCCOC(=O)CCC(CCNCC(O)c1ccccc1Cl)c1ccccc1. The maximum Gasteiger partial charge on any atom is 0.305 e. The molecule has 0 radical (unpaired) electrons. The summed E-state index contributed by atoms with van der Waals surface area (Å²) in [6, 6.07) is 17.6. The number of rotatable bonds is 13. The maximum absolute atomic E-state index is 12.0. The number of halogens is 1. The van der Waals surface area contributed by atoms with Gasteiger partial charge in [-0.25, -0.2) is 0 Å². The van der Waals surface area contributed by atoms with Crippen molar-refractivity contribution < 1.29 is 14.6 Å². The van der Waals surface area contributed by atoms with E-state index >= 15 is 0 Å². The lowest BCUT2D eigenvalue weighted by Gasteiger charge is -2.19. The summed E-state index contributed by atoms with van der Waals surface area (Å²) in [4.78, 5) is 12.0. The zero-order chi connectivity index (χ0) is 20.9. The maximum atomic E-state index is 12.0. The van der Waals surface area contributed by atoms with Crippen LogP contribution in [0.4, 0.5) is 0 Å². The molecule has 2 aromatic rings. The third-order valence-corrected chi connectivity index (χ3v) is 5.34. The number of nitrogens with one attached hydrogen (secondary N) is 1. The Hall–Kier alpha value is -1.88. The highest BCUT2D eigenvalue weighted by molar-refractivity contribution is 6.31. The molecule has 0 heterocycles. The zero-order valence-electron chi connectivity index (χ0n) is 17.1. The molecule has 5 heteroatoms. The van der Waals surface area contributed by atoms with Crippen molar-refractivity contribution in [2.45, 2.75) is 51.0 Å². The molecule has 0 bridgehead atoms. The molecule has 2 atom stereocenters. The van der Waals surface area contributed by atoms with Gasteiger partial charge in [0.15, 0.2) is 0 Å². The van der Waals surface area contributed by atoms with Crippen LogP contribution in [-0.4, -0.2) is 30.8 Å². The summed E-state index contributed by atoms with van der Waals surface area (Å²) in [6.45, 7) is 3.76. The van der Waals surface area contributed by atoms with E-state index < -0.39 is 6.10 Å². The molecule has 0 saturated heterocycles. The number of carbonyl (C=O) groups excluding carboxylic acids is 1. The van der Waals surface area contributed by atoms with E-state index in [0.717, 1.165) is 37.8 Å². The Morgan fingerprint density at radius 3 is 2.55 bits per heavy atom. The lowest BCUT2D eigenvalue weighted by atomic mass is 9.91. The summed E-state index contributed by atoms with van der Waals surface area (Å²) in [6.07, 6.45) is 3.33. The first-order valence-electron chi connectivity index (χ1n) is 10.5. The first kappa shape index (κ1) is 23.4. The number of hydrogen-bond acceptors (Lipinski definition) is 4. The molecular weight excluding hydrogens is 386 g/mol. The van der Waals surface area contributed by atoms with Crippen LogP contribution in [0.3, 0.4) is 0 Å². The summed E-state index contributed by atoms with van der Waals surface area (Å²) in [7, 11) is 0. The van der Waals surface area contributed by atoms with Gasteiger partial charge in [0, 0.05) is 23.6 Å². The minimum absolute atomic E-state index is 0.124. The van der Waals surface area contributed by atoms with Gasteiger partial charge in [-0.05, 0) is 43.4 Å². The van der Waals surface area contributed by atoms with Crippen molar-refractivity contribution in [1.82, 2.24) is 5.32 Å². The quantitative estimate of drug-likeness (QED) is 0.344. The van der Waals surface area contributed by atoms with Gasteiger partial charge in [-0.15, -0.1) is 0 Å². The van der Waals surface area contributed by atoms with Crippen molar-refractivity contribution in [3.05, 3.63) is 70.7 Å². The van der Waals surface area contributed by atoms with Crippen molar-refractivity contribution >= 4 is 17.6 Å². The third-order valence-electron chi connectivity index (χ3n) is 5.00. The molecule has 0 aromatic heterocycles. The van der Waals surface area contributed by atoms with E-state index in [0.29, 0.717) is 24.6 Å². The van der Waals surface area contributed by atoms with Crippen LogP contribution in [0, 0.1) is 0 Å². The second-order valence-electron chi connectivity index (χ2n) is 7.25. The van der Waals surface area contributed by atoms with Crippen LogP contribution in [0.2, 0.25) is 5.02 Å². The third kappa shape index (κ3) is 8.57. The van der Waals surface area contributed by atoms with Gasteiger partial charge in [0.25, 0.3) is 0 Å². The topological polar surface area (TPSA) is 58.6 Å². The van der Waals surface area contributed by atoms with Crippen molar-refractivity contribution in [2.24, 2.45) is 0 Å². The van der Waals surface area contributed by atoms with Gasteiger partial charge in [0.1, 0.15) is 0 Å². The predicted octanol–water partition coefficient (Wildman–Crippen LogP) is 5.26. The second-order valence-corrected chi connectivity index (χ2v) is 7.66. The Morgan fingerprint density at radius 1 is 1.10 bits per heavy atom. The summed E-state index contributed by atoms with van der Waals surface area (Å²) in [5.41, 5.74) is 1.96. The molecule has 0 fully saturated rings. The number of aliphatic hydroxyl groups excluding tert-OH is 1. The molecule has 2 rings (SSSR count). The van der Waals surface area contributed by atoms with E-state index in [-0.39, 0.29) is 11.9 Å². The van der Waals surface area contributed by atoms with Crippen LogP contribution < -0.4 is 5.32 Å². The number of ether oxygens (including phenoxy) is 1. The van der Waals surface area contributed by atoms with Crippen LogP contribution >= 0.6 is 11.6 Å². The van der Waals surface area contributed by atoms with Crippen LogP contribution in [0.1, 0.15) is 62.2 Å². The number of benzene rings is 2. The molecule has 0 aliphatic rings. The van der Waals surface area contributed by atoms with Crippen LogP contribution in [-0.2, 0) is 9.53 Å². The van der Waals surface area contributed by atoms with E-state index in [9.17, 15) is 9.90 Å². The molecule has 4 nitrogen and oxygen atoms in total. The molecule has 0 aliphatic heterocycles. The largest absolute Gasteiger partial charge is 0.466 e. The van der Waals surface area contributed by atoms with E-state index in [4.69, 9.17) is 16.3 Å². The molecule has 2 aromatic carbocycles. The van der Waals surface area contributed by atoms with E-state index in [1.54, 1.807) is 6.07 Å². The van der Waals surface area contributed by atoms with Crippen molar-refractivity contribution in [1.29, 1.82) is 0 Å². The lowest BCUT2D eigenvalue weighted by molar-refractivity contribution is -0.143. The number of carbonyl (C=O) groups is 1. The highest BCUT2D eigenvalue weighted by atomic mass is 35.5. The minimum atomic E-state index is -0.646. The van der Waals surface area contributed by atoms with Crippen molar-refractivity contribution in [3.63, 3.8) is 0 Å². The molecule has 2 unspecified atom stereocenters. The fourth-order valence-electron chi connectivity index (χ4n) is 3.27. The summed E-state index contributed by atoms with van der Waals surface area (Å²) in [5.74, 6) is 0.140. The monoisotopic (exact) mass is 417 g/mol. The Bertz CT molecular complexity index is 723. The van der Waals surface area contributed by atoms with E-state index in [1.165, 1.54) is 5.56 Å². The van der Waals surface area contributed by atoms with Gasteiger partial charge in [-0.2, -0.15) is 0 Å². The van der Waals surface area contributed by atoms with Crippen LogP contribution in [0.5, 0.6) is 0 Å². The molecular formula is C24H32ClNO3. The number of unbranched alkanes of at least 4 members (excludes halogenated alkanes) is 1. The summed E-state index contributed by atoms with van der Waals surface area (Å²) < 4.78 is 5.29. The molecule has 2 N–H and O–H groups in total. The predicted molar refractivity (Wildman–Crippen MR) is 118 cm³/mol. The smallest absolute Gasteiger partial charge is 0.305 e. The first-order chi connectivity index (χ1) is 14.1. The number of esters is 1. The lowest BCUT2D eigenvalue weighted by Crippen LogP contribution is -2.24.